The number of amides is 2. The maximum Gasteiger partial charge on any atom is 0.264 e. The van der Waals surface area contributed by atoms with Crippen LogP contribution < -0.4 is 9.62 Å². The van der Waals surface area contributed by atoms with Gasteiger partial charge in [0.25, 0.3) is 10.0 Å². The highest BCUT2D eigenvalue weighted by Gasteiger charge is 2.34. The largest absolute Gasteiger partial charge is 0.352 e. The van der Waals surface area contributed by atoms with Crippen LogP contribution in [-0.2, 0) is 32.6 Å². The number of aryl methyl sites for hydroxylation is 3. The summed E-state index contributed by atoms with van der Waals surface area (Å²) in [5, 5.41) is 3.15. The molecule has 0 bridgehead atoms. The van der Waals surface area contributed by atoms with Gasteiger partial charge >= 0.3 is 0 Å². The van der Waals surface area contributed by atoms with Crippen molar-refractivity contribution in [1.29, 1.82) is 0 Å². The predicted molar refractivity (Wildman–Crippen MR) is 168 cm³/mol. The summed E-state index contributed by atoms with van der Waals surface area (Å²) in [5.74, 6) is -0.656. The molecule has 1 N–H and O–H groups in total. The van der Waals surface area contributed by atoms with Crippen LogP contribution in [0.25, 0.3) is 0 Å². The Morgan fingerprint density at radius 2 is 1.50 bits per heavy atom. The molecule has 0 unspecified atom stereocenters. The fourth-order valence-electron chi connectivity index (χ4n) is 5.53. The molecule has 1 saturated carbocycles. The third-order valence-electron chi connectivity index (χ3n) is 8.25. The molecule has 1 atom stereocenters. The van der Waals surface area contributed by atoms with E-state index in [1.165, 1.54) is 15.6 Å². The van der Waals surface area contributed by atoms with Gasteiger partial charge < -0.3 is 10.2 Å². The van der Waals surface area contributed by atoms with Gasteiger partial charge in [-0.05, 0) is 74.9 Å². The number of carbonyl (C=O) groups is 2. The fourth-order valence-corrected chi connectivity index (χ4v) is 6.98. The Morgan fingerprint density at radius 3 is 2.14 bits per heavy atom. The van der Waals surface area contributed by atoms with Crippen molar-refractivity contribution >= 4 is 27.5 Å². The molecule has 0 saturated heterocycles. The molecule has 1 aliphatic rings. The third kappa shape index (κ3) is 7.40. The van der Waals surface area contributed by atoms with Gasteiger partial charge in [-0.2, -0.15) is 0 Å². The number of rotatable bonds is 11. The Kier molecular flexibility index (Phi) is 10.4. The zero-order valence-corrected chi connectivity index (χ0v) is 26.0. The van der Waals surface area contributed by atoms with Crippen molar-refractivity contribution in [3.8, 4) is 0 Å². The van der Waals surface area contributed by atoms with Crippen LogP contribution >= 0.6 is 0 Å². The third-order valence-corrected chi connectivity index (χ3v) is 10.0. The topological polar surface area (TPSA) is 86.8 Å². The van der Waals surface area contributed by atoms with E-state index in [1.54, 1.807) is 43.3 Å². The summed E-state index contributed by atoms with van der Waals surface area (Å²) in [4.78, 5) is 29.4. The van der Waals surface area contributed by atoms with Gasteiger partial charge in [-0.3, -0.25) is 13.9 Å². The Bertz CT molecular complexity index is 1480. The molecule has 3 aromatic carbocycles. The number of nitrogens with one attached hydrogen (secondary N) is 1. The molecule has 1 fully saturated rings. The molecular weight excluding hydrogens is 546 g/mol. The smallest absolute Gasteiger partial charge is 0.264 e. The number of hydrogen-bond acceptors (Lipinski definition) is 4. The lowest BCUT2D eigenvalue weighted by Gasteiger charge is -2.34. The van der Waals surface area contributed by atoms with Crippen molar-refractivity contribution in [3.05, 3.63) is 95.1 Å². The van der Waals surface area contributed by atoms with Gasteiger partial charge in [-0.1, -0.05) is 86.3 Å². The fraction of sp³-hybridized carbons (Fsp3) is 0.412. The van der Waals surface area contributed by atoms with Crippen LogP contribution in [0.2, 0.25) is 0 Å². The lowest BCUT2D eigenvalue weighted by Crippen LogP contribution is -2.53. The van der Waals surface area contributed by atoms with Crippen molar-refractivity contribution in [3.63, 3.8) is 0 Å². The number of sulfonamides is 1. The first-order valence-corrected chi connectivity index (χ1v) is 16.4. The normalized spacial score (nSPS) is 14.7. The van der Waals surface area contributed by atoms with Gasteiger partial charge in [0.15, 0.2) is 0 Å². The molecule has 224 valence electrons. The zero-order chi connectivity index (χ0) is 30.3. The molecule has 42 heavy (non-hydrogen) atoms. The first-order valence-electron chi connectivity index (χ1n) is 14.9. The van der Waals surface area contributed by atoms with Crippen molar-refractivity contribution in [2.24, 2.45) is 0 Å². The molecule has 1 aliphatic carbocycles. The Morgan fingerprint density at radius 1 is 0.881 bits per heavy atom. The number of benzene rings is 3. The highest BCUT2D eigenvalue weighted by molar-refractivity contribution is 7.92. The van der Waals surface area contributed by atoms with Gasteiger partial charge in [-0.25, -0.2) is 8.42 Å². The van der Waals surface area contributed by atoms with Crippen molar-refractivity contribution in [1.82, 2.24) is 10.2 Å². The van der Waals surface area contributed by atoms with Crippen molar-refractivity contribution in [2.45, 2.75) is 89.7 Å². The van der Waals surface area contributed by atoms with Crippen LogP contribution in [0.1, 0.15) is 68.2 Å². The summed E-state index contributed by atoms with van der Waals surface area (Å²) < 4.78 is 29.5. The Hall–Kier alpha value is -3.65. The standard InChI is InChI=1S/C34H43N3O4S/c1-5-28-14-11-12-18-32(28)37(42(40,41)31-21-19-25(2)20-22-31)24-33(38)36(23-29-15-10-9-13-26(29)3)27(4)34(39)35-30-16-7-6-8-17-30/h9-15,18-22,27,30H,5-8,16-17,23-24H2,1-4H3,(H,35,39)/t27-/m1/s1. The second-order valence-electron chi connectivity index (χ2n) is 11.3. The minimum Gasteiger partial charge on any atom is -0.352 e. The molecule has 3 aromatic rings. The summed E-state index contributed by atoms with van der Waals surface area (Å²) in [6.07, 6.45) is 5.78. The van der Waals surface area contributed by atoms with E-state index in [4.69, 9.17) is 0 Å². The van der Waals surface area contributed by atoms with Gasteiger partial charge in [0.1, 0.15) is 12.6 Å². The van der Waals surface area contributed by atoms with Gasteiger partial charge in [0, 0.05) is 12.6 Å². The summed E-state index contributed by atoms with van der Waals surface area (Å²) in [7, 11) is -4.10. The molecule has 0 aliphatic heterocycles. The monoisotopic (exact) mass is 589 g/mol. The number of carbonyl (C=O) groups excluding carboxylic acids is 2. The van der Waals surface area contributed by atoms with E-state index >= 15 is 0 Å². The molecule has 4 rings (SSSR count). The van der Waals surface area contributed by atoms with Gasteiger partial charge in [0.05, 0.1) is 10.6 Å². The Labute approximate surface area is 251 Å². The second kappa shape index (κ2) is 14.0. The first kappa shape index (κ1) is 31.3. The van der Waals surface area contributed by atoms with Gasteiger partial charge in [-0.15, -0.1) is 0 Å². The van der Waals surface area contributed by atoms with E-state index in [0.717, 1.165) is 47.9 Å². The van der Waals surface area contributed by atoms with E-state index in [-0.39, 0.29) is 23.4 Å². The van der Waals surface area contributed by atoms with E-state index < -0.39 is 28.5 Å². The van der Waals surface area contributed by atoms with Crippen molar-refractivity contribution in [2.75, 3.05) is 10.8 Å². The first-order chi connectivity index (χ1) is 20.1. The van der Waals surface area contributed by atoms with Crippen LogP contribution in [0, 0.1) is 13.8 Å². The minimum absolute atomic E-state index is 0.0963. The summed E-state index contributed by atoms with van der Waals surface area (Å²) in [6.45, 7) is 7.31. The van der Waals surface area contributed by atoms with Gasteiger partial charge in [0.2, 0.25) is 11.8 Å². The quantitative estimate of drug-likeness (QED) is 0.301. The van der Waals surface area contributed by atoms with E-state index in [2.05, 4.69) is 5.32 Å². The molecule has 2 amide bonds. The number of para-hydroxylation sites is 1. The molecule has 7 nitrogen and oxygen atoms in total. The lowest BCUT2D eigenvalue weighted by atomic mass is 9.95. The molecule has 0 radical (unpaired) electrons. The highest BCUT2D eigenvalue weighted by Crippen LogP contribution is 2.28. The maximum atomic E-state index is 14.3. The maximum absolute atomic E-state index is 14.3. The minimum atomic E-state index is -4.10. The molecule has 0 heterocycles. The molecule has 0 spiro atoms. The summed E-state index contributed by atoms with van der Waals surface area (Å²) in [6, 6.07) is 21.0. The average Bonchev–Trinajstić information content (AvgIpc) is 2.99. The van der Waals surface area contributed by atoms with Crippen molar-refractivity contribution < 1.29 is 18.0 Å². The zero-order valence-electron chi connectivity index (χ0n) is 25.2. The molecular formula is C34H43N3O4S. The summed E-state index contributed by atoms with van der Waals surface area (Å²) >= 11 is 0. The average molecular weight is 590 g/mol. The second-order valence-corrected chi connectivity index (χ2v) is 13.1. The predicted octanol–water partition coefficient (Wildman–Crippen LogP) is 5.93. The van der Waals surface area contributed by atoms with Crippen LogP contribution in [-0.4, -0.2) is 43.8 Å². The highest BCUT2D eigenvalue weighted by atomic mass is 32.2. The summed E-state index contributed by atoms with van der Waals surface area (Å²) in [5.41, 5.74) is 4.12. The van der Waals surface area contributed by atoms with E-state index in [1.807, 2.05) is 57.2 Å². The van der Waals surface area contributed by atoms with Crippen LogP contribution in [0.4, 0.5) is 5.69 Å². The van der Waals surface area contributed by atoms with E-state index in [9.17, 15) is 18.0 Å². The van der Waals surface area contributed by atoms with Crippen LogP contribution in [0.3, 0.4) is 0 Å². The lowest BCUT2D eigenvalue weighted by molar-refractivity contribution is -0.139. The SMILES string of the molecule is CCc1ccccc1N(CC(=O)N(Cc1ccccc1C)[C@H](C)C(=O)NC1CCCCC1)S(=O)(=O)c1ccc(C)cc1. The van der Waals surface area contributed by atoms with Crippen LogP contribution in [0.5, 0.6) is 0 Å². The number of anilines is 1. The molecule has 8 heteroatoms. The Balaban J connectivity index is 1.71. The molecule has 0 aromatic heterocycles. The number of hydrogen-bond donors (Lipinski definition) is 1. The van der Waals surface area contributed by atoms with Crippen LogP contribution in [0.15, 0.2) is 77.7 Å². The van der Waals surface area contributed by atoms with E-state index in [0.29, 0.717) is 12.1 Å². The number of nitrogens with zero attached hydrogens (tertiary/aromatic N) is 2.